The molecule has 0 aromatic carbocycles. The predicted octanol–water partition coefficient (Wildman–Crippen LogP) is 0.235. The maximum Gasteiger partial charge on any atom is 0.224 e. The minimum absolute atomic E-state index is 0.262. The molecule has 1 N–H and O–H groups in total. The van der Waals surface area contributed by atoms with Crippen molar-refractivity contribution in [1.82, 2.24) is 10.2 Å². The Labute approximate surface area is 91.0 Å². The van der Waals surface area contributed by atoms with Crippen molar-refractivity contribution in [3.63, 3.8) is 0 Å². The van der Waals surface area contributed by atoms with Gasteiger partial charge in [0.25, 0.3) is 0 Å². The van der Waals surface area contributed by atoms with Crippen molar-refractivity contribution in [2.45, 2.75) is 19.3 Å². The molecule has 0 aromatic rings. The predicted molar refractivity (Wildman–Crippen MR) is 57.6 cm³/mol. The highest BCUT2D eigenvalue weighted by Gasteiger charge is 2.21. The minimum Gasteiger partial charge on any atom is -0.379 e. The Hall–Kier alpha value is -0.610. The third-order valence-corrected chi connectivity index (χ3v) is 3.20. The van der Waals surface area contributed by atoms with Crippen molar-refractivity contribution in [2.75, 3.05) is 39.4 Å². The van der Waals surface area contributed by atoms with Crippen LogP contribution in [0.1, 0.15) is 19.3 Å². The second-order valence-corrected chi connectivity index (χ2v) is 4.41. The lowest BCUT2D eigenvalue weighted by Gasteiger charge is -2.29. The molecule has 86 valence electrons. The number of ether oxygens (including phenoxy) is 1. The van der Waals surface area contributed by atoms with Gasteiger partial charge < -0.3 is 15.0 Å². The first-order chi connectivity index (χ1) is 7.36. The molecule has 0 radical (unpaired) electrons. The topological polar surface area (TPSA) is 41.6 Å². The third kappa shape index (κ3) is 3.18. The molecule has 1 amide bonds. The van der Waals surface area contributed by atoms with Gasteiger partial charge in [0.2, 0.25) is 5.91 Å². The van der Waals surface area contributed by atoms with E-state index in [2.05, 4.69) is 5.32 Å². The Kier molecular flexibility index (Phi) is 3.97. The Morgan fingerprint density at radius 2 is 2.40 bits per heavy atom. The van der Waals surface area contributed by atoms with E-state index < -0.39 is 0 Å². The summed E-state index contributed by atoms with van der Waals surface area (Å²) >= 11 is 0. The van der Waals surface area contributed by atoms with Crippen LogP contribution in [-0.2, 0) is 9.53 Å². The van der Waals surface area contributed by atoms with E-state index in [1.807, 2.05) is 4.90 Å². The van der Waals surface area contributed by atoms with Crippen LogP contribution in [0.4, 0.5) is 0 Å². The number of rotatable bonds is 2. The smallest absolute Gasteiger partial charge is 0.224 e. The number of nitrogens with one attached hydrogen (secondary N) is 1. The fraction of sp³-hybridized carbons (Fsp3) is 0.909. The molecule has 0 spiro atoms. The molecule has 0 bridgehead atoms. The zero-order valence-corrected chi connectivity index (χ0v) is 9.21. The molecule has 2 saturated heterocycles. The van der Waals surface area contributed by atoms with E-state index in [1.165, 1.54) is 12.8 Å². The first-order valence-electron chi connectivity index (χ1n) is 5.92. The van der Waals surface area contributed by atoms with E-state index in [9.17, 15) is 4.79 Å². The van der Waals surface area contributed by atoms with Gasteiger partial charge in [-0.25, -0.2) is 0 Å². The van der Waals surface area contributed by atoms with Gasteiger partial charge in [-0.3, -0.25) is 4.79 Å². The van der Waals surface area contributed by atoms with Crippen LogP contribution in [0.15, 0.2) is 0 Å². The summed E-state index contributed by atoms with van der Waals surface area (Å²) in [6.45, 7) is 5.17. The van der Waals surface area contributed by atoms with Gasteiger partial charge in [-0.15, -0.1) is 0 Å². The average Bonchev–Trinajstić information content (AvgIpc) is 2.46. The number of carbonyl (C=O) groups is 1. The van der Waals surface area contributed by atoms with E-state index in [-0.39, 0.29) is 5.91 Å². The van der Waals surface area contributed by atoms with E-state index in [0.29, 0.717) is 25.6 Å². The summed E-state index contributed by atoms with van der Waals surface area (Å²) in [5.74, 6) is 0.902. The zero-order chi connectivity index (χ0) is 10.5. The Morgan fingerprint density at radius 3 is 3.20 bits per heavy atom. The summed E-state index contributed by atoms with van der Waals surface area (Å²) in [6, 6.07) is 0. The normalized spacial score (nSPS) is 28.9. The lowest BCUT2D eigenvalue weighted by Crippen LogP contribution is -2.41. The van der Waals surface area contributed by atoms with E-state index in [1.54, 1.807) is 0 Å². The minimum atomic E-state index is 0.262. The molecule has 2 rings (SSSR count). The summed E-state index contributed by atoms with van der Waals surface area (Å²) in [5, 5.41) is 3.39. The van der Waals surface area contributed by atoms with Crippen molar-refractivity contribution in [2.24, 2.45) is 5.92 Å². The molecule has 2 aliphatic rings. The van der Waals surface area contributed by atoms with E-state index >= 15 is 0 Å². The van der Waals surface area contributed by atoms with Crippen LogP contribution in [0.5, 0.6) is 0 Å². The molecule has 0 aromatic heterocycles. The Morgan fingerprint density at radius 1 is 1.47 bits per heavy atom. The summed E-state index contributed by atoms with van der Waals surface area (Å²) in [4.78, 5) is 13.7. The maximum atomic E-state index is 11.7. The first-order valence-corrected chi connectivity index (χ1v) is 5.92. The van der Waals surface area contributed by atoms with Gasteiger partial charge in [0.05, 0.1) is 19.6 Å². The van der Waals surface area contributed by atoms with Crippen molar-refractivity contribution in [3.05, 3.63) is 0 Å². The number of nitrogens with zero attached hydrogens (tertiary/aromatic N) is 1. The second-order valence-electron chi connectivity index (χ2n) is 4.41. The van der Waals surface area contributed by atoms with Crippen LogP contribution in [0, 0.1) is 5.92 Å². The highest BCUT2D eigenvalue weighted by atomic mass is 16.5. The monoisotopic (exact) mass is 212 g/mol. The van der Waals surface area contributed by atoms with Crippen molar-refractivity contribution in [1.29, 1.82) is 0 Å². The molecule has 1 atom stereocenters. The Bertz CT molecular complexity index is 215. The van der Waals surface area contributed by atoms with E-state index in [4.69, 9.17) is 4.74 Å². The van der Waals surface area contributed by atoms with Gasteiger partial charge >= 0.3 is 0 Å². The third-order valence-electron chi connectivity index (χ3n) is 3.20. The van der Waals surface area contributed by atoms with Crippen LogP contribution in [0.2, 0.25) is 0 Å². The number of carbonyl (C=O) groups excluding carboxylic acids is 1. The lowest BCUT2D eigenvalue weighted by molar-refractivity contribution is -0.131. The molecule has 2 fully saturated rings. The summed E-state index contributed by atoms with van der Waals surface area (Å²) in [7, 11) is 0. The van der Waals surface area contributed by atoms with Crippen LogP contribution in [0.25, 0.3) is 0 Å². The standard InChI is InChI=1S/C11H20N2O2/c14-11-3-6-15-7-5-13(11)9-10-2-1-4-12-8-10/h10,12H,1-9H2. The van der Waals surface area contributed by atoms with Crippen LogP contribution in [-0.4, -0.2) is 50.2 Å². The molecular weight excluding hydrogens is 192 g/mol. The molecule has 15 heavy (non-hydrogen) atoms. The van der Waals surface area contributed by atoms with Crippen LogP contribution < -0.4 is 5.32 Å². The zero-order valence-electron chi connectivity index (χ0n) is 9.21. The number of amides is 1. The molecule has 1 unspecified atom stereocenters. The van der Waals surface area contributed by atoms with Crippen molar-refractivity contribution < 1.29 is 9.53 Å². The van der Waals surface area contributed by atoms with Gasteiger partial charge in [-0.05, 0) is 31.8 Å². The molecule has 4 nitrogen and oxygen atoms in total. The average molecular weight is 212 g/mol. The summed E-state index contributed by atoms with van der Waals surface area (Å²) < 4.78 is 5.31. The SMILES string of the molecule is O=C1CCOCCN1CC1CCCNC1. The second kappa shape index (κ2) is 5.47. The number of hydrogen-bond donors (Lipinski definition) is 1. The molecule has 0 aliphatic carbocycles. The number of piperidine rings is 1. The van der Waals surface area contributed by atoms with Crippen molar-refractivity contribution in [3.8, 4) is 0 Å². The molecule has 0 saturated carbocycles. The quantitative estimate of drug-likeness (QED) is 0.712. The van der Waals surface area contributed by atoms with Gasteiger partial charge in [0.15, 0.2) is 0 Å². The molecule has 2 heterocycles. The molecular formula is C11H20N2O2. The maximum absolute atomic E-state index is 11.7. The summed E-state index contributed by atoms with van der Waals surface area (Å²) in [6.07, 6.45) is 3.04. The van der Waals surface area contributed by atoms with Crippen LogP contribution in [0.3, 0.4) is 0 Å². The highest BCUT2D eigenvalue weighted by Crippen LogP contribution is 2.13. The van der Waals surface area contributed by atoms with E-state index in [0.717, 1.165) is 26.2 Å². The largest absolute Gasteiger partial charge is 0.379 e. The Balaban J connectivity index is 1.82. The summed E-state index contributed by atoms with van der Waals surface area (Å²) in [5.41, 5.74) is 0. The van der Waals surface area contributed by atoms with Crippen molar-refractivity contribution >= 4 is 5.91 Å². The van der Waals surface area contributed by atoms with Crippen LogP contribution >= 0.6 is 0 Å². The fourth-order valence-electron chi connectivity index (χ4n) is 2.30. The van der Waals surface area contributed by atoms with Gasteiger partial charge in [0.1, 0.15) is 0 Å². The van der Waals surface area contributed by atoms with Gasteiger partial charge in [0, 0.05) is 13.1 Å². The fourth-order valence-corrected chi connectivity index (χ4v) is 2.30. The lowest BCUT2D eigenvalue weighted by atomic mass is 9.99. The number of hydrogen-bond acceptors (Lipinski definition) is 3. The van der Waals surface area contributed by atoms with Gasteiger partial charge in [-0.2, -0.15) is 0 Å². The first kappa shape index (κ1) is 10.9. The highest BCUT2D eigenvalue weighted by molar-refractivity contribution is 5.76. The molecule has 2 aliphatic heterocycles. The van der Waals surface area contributed by atoms with Gasteiger partial charge in [-0.1, -0.05) is 0 Å². The molecule has 4 heteroatoms.